The highest BCUT2D eigenvalue weighted by atomic mass is 35.5. The van der Waals surface area contributed by atoms with Crippen LogP contribution in [0.15, 0.2) is 48.5 Å². The van der Waals surface area contributed by atoms with Crippen molar-refractivity contribution in [2.75, 3.05) is 5.06 Å². The Morgan fingerprint density at radius 1 is 1.16 bits per heavy atom. The molecule has 1 unspecified atom stereocenters. The molecule has 4 heteroatoms. The Balaban J connectivity index is 2.27. The molecule has 0 amide bonds. The van der Waals surface area contributed by atoms with Gasteiger partial charge in [-0.1, -0.05) is 48.0 Å². The molecule has 1 atom stereocenters. The van der Waals surface area contributed by atoms with Crippen LogP contribution in [0.4, 0.5) is 5.69 Å². The normalized spacial score (nSPS) is 21.6. The lowest BCUT2D eigenvalue weighted by atomic mass is 9.77. The molecule has 0 saturated heterocycles. The number of halogens is 1. The highest BCUT2D eigenvalue weighted by molar-refractivity contribution is 6.31. The lowest BCUT2D eigenvalue weighted by molar-refractivity contribution is 0.311. The molecule has 0 spiro atoms. The third-order valence-corrected chi connectivity index (χ3v) is 4.00. The summed E-state index contributed by atoms with van der Waals surface area (Å²) in [5.41, 5.74) is 1.77. The van der Waals surface area contributed by atoms with E-state index >= 15 is 0 Å². The number of rotatable bonds is 1. The number of amidine groups is 1. The molecule has 2 N–H and O–H groups in total. The molecule has 0 bridgehead atoms. The monoisotopic (exact) mass is 272 g/mol. The molecule has 1 aliphatic rings. The van der Waals surface area contributed by atoms with E-state index in [1.54, 1.807) is 12.1 Å². The van der Waals surface area contributed by atoms with E-state index in [1.807, 2.05) is 43.3 Å². The zero-order valence-corrected chi connectivity index (χ0v) is 11.1. The standard InChI is InChI=1S/C15H13ClN2O/c1-15(10-5-3-2-4-6-10)12-8-7-11(16)9-13(12)18(19)14(15)17/h2-9,17,19H,1H3. The van der Waals surface area contributed by atoms with Gasteiger partial charge in [-0.15, -0.1) is 0 Å². The van der Waals surface area contributed by atoms with Gasteiger partial charge in [0.05, 0.1) is 11.1 Å². The molecule has 0 aromatic heterocycles. The minimum Gasteiger partial charge on any atom is -0.285 e. The zero-order valence-electron chi connectivity index (χ0n) is 10.4. The van der Waals surface area contributed by atoms with Crippen LogP contribution in [0, 0.1) is 5.41 Å². The predicted molar refractivity (Wildman–Crippen MR) is 76.3 cm³/mol. The van der Waals surface area contributed by atoms with Crippen LogP contribution in [0.5, 0.6) is 0 Å². The summed E-state index contributed by atoms with van der Waals surface area (Å²) in [7, 11) is 0. The van der Waals surface area contributed by atoms with Crippen LogP contribution < -0.4 is 5.06 Å². The van der Waals surface area contributed by atoms with Gasteiger partial charge in [-0.2, -0.15) is 0 Å². The van der Waals surface area contributed by atoms with Gasteiger partial charge in [0.2, 0.25) is 0 Å². The van der Waals surface area contributed by atoms with Crippen LogP contribution in [-0.2, 0) is 5.41 Å². The van der Waals surface area contributed by atoms with Gasteiger partial charge >= 0.3 is 0 Å². The van der Waals surface area contributed by atoms with Gasteiger partial charge in [-0.25, -0.2) is 5.06 Å². The molecule has 0 saturated carbocycles. The van der Waals surface area contributed by atoms with E-state index in [9.17, 15) is 5.21 Å². The van der Waals surface area contributed by atoms with E-state index in [0.717, 1.165) is 16.2 Å². The van der Waals surface area contributed by atoms with Crippen LogP contribution in [-0.4, -0.2) is 11.0 Å². The molecule has 0 aliphatic carbocycles. The first kappa shape index (κ1) is 12.2. The van der Waals surface area contributed by atoms with Gasteiger partial charge in [0.1, 0.15) is 5.84 Å². The van der Waals surface area contributed by atoms with E-state index in [2.05, 4.69) is 0 Å². The smallest absolute Gasteiger partial charge is 0.141 e. The van der Waals surface area contributed by atoms with Gasteiger partial charge in [-0.05, 0) is 30.2 Å². The van der Waals surface area contributed by atoms with Crippen molar-refractivity contribution in [3.8, 4) is 0 Å². The Hall–Kier alpha value is -1.84. The zero-order chi connectivity index (χ0) is 13.6. The summed E-state index contributed by atoms with van der Waals surface area (Å²) in [4.78, 5) is 0. The number of fused-ring (bicyclic) bond motifs is 1. The molecule has 0 radical (unpaired) electrons. The fourth-order valence-electron chi connectivity index (χ4n) is 2.63. The minimum absolute atomic E-state index is 0.135. The second-order valence-corrected chi connectivity index (χ2v) is 5.25. The molecule has 2 aromatic carbocycles. The molecule has 2 aromatic rings. The third-order valence-electron chi connectivity index (χ3n) is 3.76. The van der Waals surface area contributed by atoms with Crippen molar-refractivity contribution < 1.29 is 5.21 Å². The first-order valence-corrected chi connectivity index (χ1v) is 6.36. The summed E-state index contributed by atoms with van der Waals surface area (Å²) in [5, 5.41) is 19.8. The number of nitrogens with one attached hydrogen (secondary N) is 1. The molecule has 0 fully saturated rings. The van der Waals surface area contributed by atoms with Crippen molar-refractivity contribution in [2.24, 2.45) is 0 Å². The highest BCUT2D eigenvalue weighted by Gasteiger charge is 2.45. The Morgan fingerprint density at radius 2 is 1.84 bits per heavy atom. The number of nitrogens with zero attached hydrogens (tertiary/aromatic N) is 1. The van der Waals surface area contributed by atoms with Gasteiger partial charge in [0.25, 0.3) is 0 Å². The average Bonchev–Trinajstić information content (AvgIpc) is 2.63. The summed E-state index contributed by atoms with van der Waals surface area (Å²) in [6.07, 6.45) is 0. The number of hydrogen-bond donors (Lipinski definition) is 2. The summed E-state index contributed by atoms with van der Waals surface area (Å²) in [5.74, 6) is 0.135. The molecule has 3 nitrogen and oxygen atoms in total. The Bertz CT molecular complexity index is 656. The first-order valence-electron chi connectivity index (χ1n) is 5.98. The van der Waals surface area contributed by atoms with Crippen molar-refractivity contribution in [1.29, 1.82) is 5.41 Å². The topological polar surface area (TPSA) is 47.3 Å². The second-order valence-electron chi connectivity index (χ2n) is 4.81. The fraction of sp³-hybridized carbons (Fsp3) is 0.133. The summed E-state index contributed by atoms with van der Waals surface area (Å²) < 4.78 is 0. The molecular weight excluding hydrogens is 260 g/mol. The lowest BCUT2D eigenvalue weighted by Gasteiger charge is -2.25. The molecule has 19 heavy (non-hydrogen) atoms. The minimum atomic E-state index is -0.657. The number of anilines is 1. The van der Waals surface area contributed by atoms with Crippen LogP contribution in [0.3, 0.4) is 0 Å². The molecular formula is C15H13ClN2O. The quantitative estimate of drug-likeness (QED) is 0.829. The van der Waals surface area contributed by atoms with Crippen molar-refractivity contribution in [3.63, 3.8) is 0 Å². The number of hydrogen-bond acceptors (Lipinski definition) is 2. The predicted octanol–water partition coefficient (Wildman–Crippen LogP) is 3.83. The maximum atomic E-state index is 10.1. The maximum Gasteiger partial charge on any atom is 0.141 e. The summed E-state index contributed by atoms with van der Waals surface area (Å²) in [6.45, 7) is 1.94. The van der Waals surface area contributed by atoms with Gasteiger partial charge in [0, 0.05) is 5.02 Å². The molecule has 96 valence electrons. The van der Waals surface area contributed by atoms with Crippen LogP contribution >= 0.6 is 11.6 Å². The van der Waals surface area contributed by atoms with Gasteiger partial charge < -0.3 is 0 Å². The number of benzene rings is 2. The second kappa shape index (κ2) is 4.08. The molecule has 1 heterocycles. The largest absolute Gasteiger partial charge is 0.285 e. The summed E-state index contributed by atoms with van der Waals surface area (Å²) >= 11 is 5.97. The van der Waals surface area contributed by atoms with Gasteiger partial charge in [0.15, 0.2) is 0 Å². The average molecular weight is 273 g/mol. The van der Waals surface area contributed by atoms with Crippen LogP contribution in [0.25, 0.3) is 0 Å². The van der Waals surface area contributed by atoms with Gasteiger partial charge in [-0.3, -0.25) is 10.6 Å². The van der Waals surface area contributed by atoms with E-state index in [1.165, 1.54) is 0 Å². The Kier molecular flexibility index (Phi) is 2.62. The van der Waals surface area contributed by atoms with Crippen molar-refractivity contribution in [1.82, 2.24) is 0 Å². The highest BCUT2D eigenvalue weighted by Crippen LogP contribution is 2.46. The lowest BCUT2D eigenvalue weighted by Crippen LogP contribution is -2.36. The van der Waals surface area contributed by atoms with Crippen molar-refractivity contribution in [2.45, 2.75) is 12.3 Å². The first-order chi connectivity index (χ1) is 9.05. The Morgan fingerprint density at radius 3 is 2.53 bits per heavy atom. The Labute approximate surface area is 116 Å². The third kappa shape index (κ3) is 1.59. The number of hydroxylamine groups is 1. The van der Waals surface area contributed by atoms with E-state index in [0.29, 0.717) is 10.7 Å². The van der Waals surface area contributed by atoms with E-state index in [4.69, 9.17) is 17.0 Å². The van der Waals surface area contributed by atoms with Crippen LogP contribution in [0.1, 0.15) is 18.1 Å². The molecule has 3 rings (SSSR count). The fourth-order valence-corrected chi connectivity index (χ4v) is 2.79. The SMILES string of the molecule is CC1(c2ccccc2)C(=N)N(O)c2cc(Cl)ccc21. The summed E-state index contributed by atoms with van der Waals surface area (Å²) in [6, 6.07) is 15.1. The van der Waals surface area contributed by atoms with Crippen LogP contribution in [0.2, 0.25) is 5.02 Å². The van der Waals surface area contributed by atoms with E-state index < -0.39 is 5.41 Å². The van der Waals surface area contributed by atoms with Crippen molar-refractivity contribution >= 4 is 23.1 Å². The van der Waals surface area contributed by atoms with Crippen molar-refractivity contribution in [3.05, 3.63) is 64.7 Å². The molecule has 1 aliphatic heterocycles. The maximum absolute atomic E-state index is 10.1. The van der Waals surface area contributed by atoms with E-state index in [-0.39, 0.29) is 5.84 Å².